The fourth-order valence-corrected chi connectivity index (χ4v) is 3.63. The number of carbonyl (C=O) groups is 2. The van der Waals surface area contributed by atoms with Crippen LogP contribution >= 0.6 is 0 Å². The van der Waals surface area contributed by atoms with E-state index in [0.29, 0.717) is 16.7 Å². The zero-order valence-corrected chi connectivity index (χ0v) is 18.5. The van der Waals surface area contributed by atoms with Crippen LogP contribution < -0.4 is 18.9 Å². The first-order chi connectivity index (χ1) is 16.3. The molecular formula is C25H19NO8. The molecule has 1 aliphatic rings. The zero-order chi connectivity index (χ0) is 24.4. The predicted molar refractivity (Wildman–Crippen MR) is 122 cm³/mol. The van der Waals surface area contributed by atoms with Crippen molar-refractivity contribution in [3.63, 3.8) is 0 Å². The SMILES string of the molecule is COc1cccc(OC)c1C(=O)Oc1cc(C)c2c(c1)O/C(=C\c1cccc([N+](=O)[O-])c1)C2=O. The van der Waals surface area contributed by atoms with Crippen LogP contribution in [0.1, 0.15) is 31.8 Å². The van der Waals surface area contributed by atoms with E-state index in [-0.39, 0.29) is 45.8 Å². The molecule has 34 heavy (non-hydrogen) atoms. The van der Waals surface area contributed by atoms with Crippen molar-refractivity contribution in [2.45, 2.75) is 6.92 Å². The number of rotatable bonds is 6. The van der Waals surface area contributed by atoms with Gasteiger partial charge in [0.25, 0.3) is 5.69 Å². The second kappa shape index (κ2) is 9.07. The molecule has 0 unspecified atom stereocenters. The molecule has 0 spiro atoms. The molecule has 0 radical (unpaired) electrons. The minimum Gasteiger partial charge on any atom is -0.496 e. The van der Waals surface area contributed by atoms with Crippen LogP contribution in [0.25, 0.3) is 6.08 Å². The van der Waals surface area contributed by atoms with Crippen LogP contribution in [0.2, 0.25) is 0 Å². The molecule has 3 aromatic carbocycles. The number of carbonyl (C=O) groups excluding carboxylic acids is 2. The lowest BCUT2D eigenvalue weighted by Gasteiger charge is -2.13. The van der Waals surface area contributed by atoms with E-state index >= 15 is 0 Å². The third-order valence-corrected chi connectivity index (χ3v) is 5.16. The Morgan fingerprint density at radius 1 is 1.03 bits per heavy atom. The van der Waals surface area contributed by atoms with Crippen LogP contribution in [0.15, 0.2) is 60.4 Å². The van der Waals surface area contributed by atoms with E-state index in [4.69, 9.17) is 18.9 Å². The quantitative estimate of drug-likeness (QED) is 0.170. The van der Waals surface area contributed by atoms with Crippen molar-refractivity contribution in [3.05, 3.63) is 92.7 Å². The van der Waals surface area contributed by atoms with Crippen molar-refractivity contribution in [3.8, 4) is 23.0 Å². The van der Waals surface area contributed by atoms with E-state index in [1.165, 1.54) is 44.6 Å². The molecule has 0 N–H and O–H groups in total. The van der Waals surface area contributed by atoms with Crippen LogP contribution in [-0.4, -0.2) is 30.9 Å². The summed E-state index contributed by atoms with van der Waals surface area (Å²) in [5.41, 5.74) is 1.33. The number of aryl methyl sites for hydroxylation is 1. The van der Waals surface area contributed by atoms with Gasteiger partial charge in [0.1, 0.15) is 28.6 Å². The average molecular weight is 461 g/mol. The fraction of sp³-hybridized carbons (Fsp3) is 0.120. The van der Waals surface area contributed by atoms with Gasteiger partial charge >= 0.3 is 5.97 Å². The highest BCUT2D eigenvalue weighted by Gasteiger charge is 2.31. The van der Waals surface area contributed by atoms with Gasteiger partial charge in [0.2, 0.25) is 5.78 Å². The lowest BCUT2D eigenvalue weighted by molar-refractivity contribution is -0.384. The number of nitro benzene ring substituents is 1. The lowest BCUT2D eigenvalue weighted by atomic mass is 10.0. The van der Waals surface area contributed by atoms with Crippen LogP contribution in [-0.2, 0) is 0 Å². The minimum atomic E-state index is -0.703. The predicted octanol–water partition coefficient (Wildman–Crippen LogP) is 4.76. The van der Waals surface area contributed by atoms with Crippen LogP contribution in [0, 0.1) is 17.0 Å². The number of hydrogen-bond acceptors (Lipinski definition) is 8. The summed E-state index contributed by atoms with van der Waals surface area (Å²) < 4.78 is 21.8. The van der Waals surface area contributed by atoms with Gasteiger partial charge in [0, 0.05) is 18.2 Å². The summed E-state index contributed by atoms with van der Waals surface area (Å²) in [6.45, 7) is 1.69. The number of benzene rings is 3. The first kappa shape index (κ1) is 22.5. The highest BCUT2D eigenvalue weighted by molar-refractivity contribution is 6.15. The number of non-ortho nitro benzene ring substituents is 1. The fourth-order valence-electron chi connectivity index (χ4n) is 3.63. The van der Waals surface area contributed by atoms with Gasteiger partial charge in [0.05, 0.1) is 24.7 Å². The highest BCUT2D eigenvalue weighted by Crippen LogP contribution is 2.38. The molecule has 1 aliphatic heterocycles. The molecule has 0 bridgehead atoms. The Labute approximate surface area is 194 Å². The largest absolute Gasteiger partial charge is 0.496 e. The summed E-state index contributed by atoms with van der Waals surface area (Å²) in [7, 11) is 2.86. The molecular weight excluding hydrogens is 442 g/mol. The number of nitrogens with zero attached hydrogens (tertiary/aromatic N) is 1. The van der Waals surface area contributed by atoms with Gasteiger partial charge in [-0.3, -0.25) is 14.9 Å². The number of Topliss-reactive ketones (excluding diaryl/α,β-unsaturated/α-hetero) is 1. The Bertz CT molecular complexity index is 1340. The maximum atomic E-state index is 12.9. The zero-order valence-electron chi connectivity index (χ0n) is 18.5. The Morgan fingerprint density at radius 3 is 2.35 bits per heavy atom. The topological polar surface area (TPSA) is 114 Å². The molecule has 0 saturated carbocycles. The molecule has 3 aromatic rings. The normalized spacial score (nSPS) is 13.3. The first-order valence-corrected chi connectivity index (χ1v) is 10.1. The minimum absolute atomic E-state index is 0.00784. The molecule has 0 saturated heterocycles. The summed E-state index contributed by atoms with van der Waals surface area (Å²) in [4.78, 5) is 36.3. The molecule has 172 valence electrons. The molecule has 1 heterocycles. The van der Waals surface area contributed by atoms with Crippen LogP contribution in [0.3, 0.4) is 0 Å². The van der Waals surface area contributed by atoms with Gasteiger partial charge in [-0.05, 0) is 42.3 Å². The van der Waals surface area contributed by atoms with Gasteiger partial charge < -0.3 is 18.9 Å². The van der Waals surface area contributed by atoms with E-state index in [2.05, 4.69) is 0 Å². The Balaban J connectivity index is 1.64. The third kappa shape index (κ3) is 4.18. The van der Waals surface area contributed by atoms with E-state index in [1.54, 1.807) is 37.3 Å². The molecule has 4 rings (SSSR count). The van der Waals surface area contributed by atoms with Crippen molar-refractivity contribution in [2.75, 3.05) is 14.2 Å². The molecule has 0 aliphatic carbocycles. The van der Waals surface area contributed by atoms with Crippen LogP contribution in [0.5, 0.6) is 23.0 Å². The van der Waals surface area contributed by atoms with E-state index in [0.717, 1.165) is 0 Å². The van der Waals surface area contributed by atoms with Crippen molar-refractivity contribution in [2.24, 2.45) is 0 Å². The van der Waals surface area contributed by atoms with Crippen molar-refractivity contribution in [1.29, 1.82) is 0 Å². The van der Waals surface area contributed by atoms with Gasteiger partial charge in [-0.2, -0.15) is 0 Å². The van der Waals surface area contributed by atoms with Gasteiger partial charge in [-0.1, -0.05) is 18.2 Å². The smallest absolute Gasteiger partial charge is 0.351 e. The molecule has 0 aromatic heterocycles. The Hall–Kier alpha value is -4.66. The summed E-state index contributed by atoms with van der Waals surface area (Å²) in [6.07, 6.45) is 1.43. The number of methoxy groups -OCH3 is 2. The van der Waals surface area contributed by atoms with Crippen LogP contribution in [0.4, 0.5) is 5.69 Å². The maximum Gasteiger partial charge on any atom is 0.351 e. The van der Waals surface area contributed by atoms with Gasteiger partial charge in [0.15, 0.2) is 5.76 Å². The van der Waals surface area contributed by atoms with E-state index in [9.17, 15) is 19.7 Å². The summed E-state index contributed by atoms with van der Waals surface area (Å²) in [5.74, 6) is -0.108. The number of esters is 1. The summed E-state index contributed by atoms with van der Waals surface area (Å²) >= 11 is 0. The van der Waals surface area contributed by atoms with Gasteiger partial charge in [-0.15, -0.1) is 0 Å². The molecule has 9 heteroatoms. The number of nitro groups is 1. The standard InChI is InChI=1S/C25H19NO8/c1-14-10-17(33-25(28)23-18(31-2)8-5-9-19(23)32-3)13-20-22(14)24(27)21(34-20)12-15-6-4-7-16(11-15)26(29)30/h4-13H,1-3H3/b21-12-. The first-order valence-electron chi connectivity index (χ1n) is 10.1. The molecule has 9 nitrogen and oxygen atoms in total. The summed E-state index contributed by atoms with van der Waals surface area (Å²) in [6, 6.07) is 13.7. The monoisotopic (exact) mass is 461 g/mol. The molecule has 0 fully saturated rings. The van der Waals surface area contributed by atoms with Crippen molar-refractivity contribution >= 4 is 23.5 Å². The van der Waals surface area contributed by atoms with Gasteiger partial charge in [-0.25, -0.2) is 4.79 Å². The molecule has 0 atom stereocenters. The third-order valence-electron chi connectivity index (χ3n) is 5.16. The van der Waals surface area contributed by atoms with E-state index in [1.807, 2.05) is 0 Å². The Morgan fingerprint density at radius 2 is 1.71 bits per heavy atom. The maximum absolute atomic E-state index is 12.9. The summed E-state index contributed by atoms with van der Waals surface area (Å²) in [5, 5.41) is 11.0. The second-order valence-corrected chi connectivity index (χ2v) is 7.33. The molecule has 0 amide bonds. The number of ether oxygens (including phenoxy) is 4. The average Bonchev–Trinajstić information content (AvgIpc) is 3.13. The van der Waals surface area contributed by atoms with Crippen molar-refractivity contribution < 1.29 is 33.5 Å². The Kier molecular flexibility index (Phi) is 6.01. The number of hydrogen-bond donors (Lipinski definition) is 0. The number of allylic oxidation sites excluding steroid dienone is 1. The van der Waals surface area contributed by atoms with E-state index < -0.39 is 10.9 Å². The number of fused-ring (bicyclic) bond motifs is 1. The second-order valence-electron chi connectivity index (χ2n) is 7.33. The lowest BCUT2D eigenvalue weighted by Crippen LogP contribution is -2.12. The van der Waals surface area contributed by atoms with Crippen molar-refractivity contribution in [1.82, 2.24) is 0 Å². The number of ketones is 1. The highest BCUT2D eigenvalue weighted by atomic mass is 16.6.